The van der Waals surface area contributed by atoms with Crippen molar-refractivity contribution in [3.8, 4) is 5.88 Å². The third kappa shape index (κ3) is 4.27. The van der Waals surface area contributed by atoms with Crippen molar-refractivity contribution in [2.45, 2.75) is 76.6 Å². The number of alkyl halides is 1. The third-order valence-corrected chi connectivity index (χ3v) is 7.36. The quantitative estimate of drug-likeness (QED) is 0.413. The minimum absolute atomic E-state index is 0.0236. The SMILES string of the molecule is C[C@H](Oc1cc(Cl)nc(C(N)=C2CCC[C@@]3(CCCCC3=O)C2=O)n1)[C@@H]1C[C@H](F)CN1C. The molecule has 0 radical (unpaired) electrons. The Morgan fingerprint density at radius 2 is 2.03 bits per heavy atom. The molecule has 9 heteroatoms. The number of ketones is 2. The van der Waals surface area contributed by atoms with E-state index in [9.17, 15) is 14.0 Å². The van der Waals surface area contributed by atoms with Gasteiger partial charge in [0.1, 0.15) is 23.2 Å². The molecule has 0 aromatic carbocycles. The van der Waals surface area contributed by atoms with Crippen molar-refractivity contribution in [1.29, 1.82) is 0 Å². The van der Waals surface area contributed by atoms with Gasteiger partial charge in [0.15, 0.2) is 11.6 Å². The summed E-state index contributed by atoms with van der Waals surface area (Å²) in [7, 11) is 1.86. The van der Waals surface area contributed by atoms with Gasteiger partial charge >= 0.3 is 0 Å². The highest BCUT2D eigenvalue weighted by Crippen LogP contribution is 2.45. The first-order valence-corrected chi connectivity index (χ1v) is 11.7. The van der Waals surface area contributed by atoms with Gasteiger partial charge in [0.2, 0.25) is 5.88 Å². The molecule has 3 fully saturated rings. The molecule has 7 nitrogen and oxygen atoms in total. The van der Waals surface area contributed by atoms with Gasteiger partial charge in [0, 0.05) is 30.6 Å². The van der Waals surface area contributed by atoms with Crippen molar-refractivity contribution in [2.75, 3.05) is 13.6 Å². The number of rotatable bonds is 4. The van der Waals surface area contributed by atoms with Crippen LogP contribution in [0.15, 0.2) is 11.6 Å². The lowest BCUT2D eigenvalue weighted by Gasteiger charge is -2.38. The largest absolute Gasteiger partial charge is 0.473 e. The number of carbonyl (C=O) groups excluding carboxylic acids is 2. The Balaban J connectivity index is 1.60. The number of likely N-dealkylation sites (tertiary alicyclic amines) is 1. The zero-order valence-electron chi connectivity index (χ0n) is 18.6. The van der Waals surface area contributed by atoms with E-state index in [4.69, 9.17) is 22.1 Å². The second-order valence-electron chi connectivity index (χ2n) is 9.30. The first-order valence-electron chi connectivity index (χ1n) is 11.3. The van der Waals surface area contributed by atoms with Crippen LogP contribution in [0, 0.1) is 5.41 Å². The fraction of sp³-hybridized carbons (Fsp3) is 0.652. The first kappa shape index (κ1) is 23.1. The Bertz CT molecular complexity index is 951. The molecule has 174 valence electrons. The molecule has 2 N–H and O–H groups in total. The van der Waals surface area contributed by atoms with Crippen LogP contribution in [0.3, 0.4) is 0 Å². The van der Waals surface area contributed by atoms with E-state index in [0.717, 1.165) is 12.8 Å². The number of hydrogen-bond donors (Lipinski definition) is 1. The average molecular weight is 465 g/mol. The maximum absolute atomic E-state index is 13.8. The van der Waals surface area contributed by atoms with Crippen LogP contribution in [0.25, 0.3) is 5.70 Å². The number of carbonyl (C=O) groups is 2. The van der Waals surface area contributed by atoms with Crippen LogP contribution in [-0.4, -0.2) is 58.3 Å². The summed E-state index contributed by atoms with van der Waals surface area (Å²) in [6, 6.07) is 1.39. The van der Waals surface area contributed by atoms with Crippen molar-refractivity contribution in [2.24, 2.45) is 11.1 Å². The van der Waals surface area contributed by atoms with E-state index < -0.39 is 11.6 Å². The summed E-state index contributed by atoms with van der Waals surface area (Å²) in [4.78, 5) is 36.6. The average Bonchev–Trinajstić information content (AvgIpc) is 3.09. The predicted molar refractivity (Wildman–Crippen MR) is 119 cm³/mol. The van der Waals surface area contributed by atoms with Gasteiger partial charge in [-0.05, 0) is 52.5 Å². The number of likely N-dealkylation sites (N-methyl/N-ethyl adjacent to an activating group) is 1. The molecule has 3 aliphatic rings. The van der Waals surface area contributed by atoms with Crippen LogP contribution in [0.5, 0.6) is 5.88 Å². The van der Waals surface area contributed by atoms with Gasteiger partial charge < -0.3 is 10.5 Å². The summed E-state index contributed by atoms with van der Waals surface area (Å²) in [6.45, 7) is 2.23. The normalized spacial score (nSPS) is 31.8. The number of aromatic nitrogens is 2. The Morgan fingerprint density at radius 3 is 2.72 bits per heavy atom. The fourth-order valence-electron chi connectivity index (χ4n) is 5.43. The van der Waals surface area contributed by atoms with E-state index in [2.05, 4.69) is 9.97 Å². The maximum atomic E-state index is 13.8. The van der Waals surface area contributed by atoms with Crippen LogP contribution in [-0.2, 0) is 9.59 Å². The molecular formula is C23H30ClFN4O3. The molecule has 0 bridgehead atoms. The summed E-state index contributed by atoms with van der Waals surface area (Å²) < 4.78 is 19.7. The molecule has 0 unspecified atom stereocenters. The highest BCUT2D eigenvalue weighted by molar-refractivity contribution is 6.29. The zero-order valence-corrected chi connectivity index (χ0v) is 19.3. The monoisotopic (exact) mass is 464 g/mol. The third-order valence-electron chi connectivity index (χ3n) is 7.17. The van der Waals surface area contributed by atoms with Crippen molar-refractivity contribution in [1.82, 2.24) is 14.9 Å². The first-order chi connectivity index (χ1) is 15.2. The highest BCUT2D eigenvalue weighted by atomic mass is 35.5. The lowest BCUT2D eigenvalue weighted by atomic mass is 9.62. The van der Waals surface area contributed by atoms with Crippen LogP contribution in [0.2, 0.25) is 5.15 Å². The lowest BCUT2D eigenvalue weighted by molar-refractivity contribution is -0.143. The number of halogens is 2. The van der Waals surface area contributed by atoms with Crippen molar-refractivity contribution < 1.29 is 18.7 Å². The summed E-state index contributed by atoms with van der Waals surface area (Å²) in [5.41, 5.74) is 5.98. The zero-order chi connectivity index (χ0) is 23.0. The number of nitrogens with two attached hydrogens (primary N) is 1. The summed E-state index contributed by atoms with van der Waals surface area (Å²) in [5.74, 6) is 0.173. The molecule has 2 saturated carbocycles. The summed E-state index contributed by atoms with van der Waals surface area (Å²) >= 11 is 6.21. The minimum Gasteiger partial charge on any atom is -0.473 e. The van der Waals surface area contributed by atoms with E-state index in [1.165, 1.54) is 6.07 Å². The van der Waals surface area contributed by atoms with Crippen LogP contribution in [0.1, 0.15) is 64.1 Å². The van der Waals surface area contributed by atoms with Gasteiger partial charge in [0.05, 0.1) is 11.1 Å². The maximum Gasteiger partial charge on any atom is 0.218 e. The number of ether oxygens (including phenoxy) is 1. The van der Waals surface area contributed by atoms with Crippen LogP contribution < -0.4 is 10.5 Å². The highest BCUT2D eigenvalue weighted by Gasteiger charge is 2.49. The smallest absolute Gasteiger partial charge is 0.218 e. The van der Waals surface area contributed by atoms with E-state index in [1.807, 2.05) is 18.9 Å². The standard InChI is InChI=1S/C23H30ClFN4O3/c1-13(16-10-14(25)12-29(16)2)32-19-11-18(24)27-22(28-19)20(26)15-6-5-9-23(21(15)31)8-4-3-7-17(23)30/h11,13-14,16H,3-10,12,26H2,1-2H3/t13-,14-,16-,23+/m0/s1. The molecule has 2 aliphatic carbocycles. The van der Waals surface area contributed by atoms with Gasteiger partial charge in [-0.1, -0.05) is 18.0 Å². The second kappa shape index (κ2) is 9.06. The molecule has 4 atom stereocenters. The molecular weight excluding hydrogens is 435 g/mol. The molecule has 1 spiro atoms. The van der Waals surface area contributed by atoms with E-state index in [1.54, 1.807) is 0 Å². The Hall–Kier alpha value is -2.06. The minimum atomic E-state index is -0.946. The summed E-state index contributed by atoms with van der Waals surface area (Å²) in [6.07, 6.45) is 3.67. The van der Waals surface area contributed by atoms with Crippen molar-refractivity contribution >= 4 is 28.9 Å². The molecule has 1 aromatic heterocycles. The van der Waals surface area contributed by atoms with Gasteiger partial charge in [-0.2, -0.15) is 4.98 Å². The number of Topliss-reactive ketones (excluding diaryl/α,β-unsaturated/α-hetero) is 2. The van der Waals surface area contributed by atoms with E-state index in [-0.39, 0.29) is 46.3 Å². The Morgan fingerprint density at radius 1 is 1.28 bits per heavy atom. The van der Waals surface area contributed by atoms with Gasteiger partial charge in [-0.3, -0.25) is 14.5 Å². The van der Waals surface area contributed by atoms with Gasteiger partial charge in [-0.15, -0.1) is 0 Å². The number of allylic oxidation sites excluding steroid dienone is 1. The van der Waals surface area contributed by atoms with Crippen LogP contribution in [0.4, 0.5) is 4.39 Å². The Kier molecular flexibility index (Phi) is 6.54. The lowest BCUT2D eigenvalue weighted by Crippen LogP contribution is -2.45. The number of hydrogen-bond acceptors (Lipinski definition) is 7. The van der Waals surface area contributed by atoms with Crippen molar-refractivity contribution in [3.63, 3.8) is 0 Å². The molecule has 0 amide bonds. The molecule has 2 heterocycles. The molecule has 1 aliphatic heterocycles. The van der Waals surface area contributed by atoms with E-state index in [0.29, 0.717) is 50.6 Å². The van der Waals surface area contributed by atoms with Crippen LogP contribution >= 0.6 is 11.6 Å². The van der Waals surface area contributed by atoms with Gasteiger partial charge in [-0.25, -0.2) is 9.37 Å². The molecule has 4 rings (SSSR count). The van der Waals surface area contributed by atoms with Crippen molar-refractivity contribution in [3.05, 3.63) is 22.6 Å². The summed E-state index contributed by atoms with van der Waals surface area (Å²) in [5, 5.41) is 0.135. The van der Waals surface area contributed by atoms with E-state index >= 15 is 0 Å². The molecule has 1 saturated heterocycles. The predicted octanol–water partition coefficient (Wildman–Crippen LogP) is 3.49. The van der Waals surface area contributed by atoms with Gasteiger partial charge in [0.25, 0.3) is 0 Å². The fourth-order valence-corrected chi connectivity index (χ4v) is 5.60. The molecule has 32 heavy (non-hydrogen) atoms. The second-order valence-corrected chi connectivity index (χ2v) is 9.69. The number of nitrogens with zero attached hydrogens (tertiary/aromatic N) is 3. The molecule has 1 aromatic rings. The topological polar surface area (TPSA) is 98.4 Å². The Labute approximate surface area is 192 Å².